The first kappa shape index (κ1) is 21.4. The molecule has 1 spiro atoms. The molecule has 2 aliphatic rings. The van der Waals surface area contributed by atoms with E-state index in [0.717, 1.165) is 17.0 Å². The summed E-state index contributed by atoms with van der Waals surface area (Å²) >= 11 is 1.25. The number of aromatic nitrogens is 1. The first-order valence-corrected chi connectivity index (χ1v) is 11.7. The lowest BCUT2D eigenvalue weighted by atomic mass is 9.84. The molecule has 6 rings (SSSR count). The molecule has 1 atom stereocenters. The van der Waals surface area contributed by atoms with Gasteiger partial charge >= 0.3 is 0 Å². The lowest BCUT2D eigenvalue weighted by molar-refractivity contribution is -0.121. The molecule has 0 saturated carbocycles. The maximum Gasteiger partial charge on any atom is 0.297 e. The number of nitrogens with zero attached hydrogens (tertiary/aromatic N) is 3. The monoisotopic (exact) mass is 487 g/mol. The summed E-state index contributed by atoms with van der Waals surface area (Å²) in [7, 11) is 0. The van der Waals surface area contributed by atoms with Crippen LogP contribution in [-0.2, 0) is 10.3 Å². The fourth-order valence-electron chi connectivity index (χ4n) is 5.00. The third-order valence-electron chi connectivity index (χ3n) is 6.61. The molecule has 7 nitrogen and oxygen atoms in total. The van der Waals surface area contributed by atoms with Gasteiger partial charge in [-0.05, 0) is 38.1 Å². The zero-order valence-electron chi connectivity index (χ0n) is 18.8. The van der Waals surface area contributed by atoms with Gasteiger partial charge in [-0.1, -0.05) is 24.3 Å². The number of para-hydroxylation sites is 1. The highest BCUT2D eigenvalue weighted by Gasteiger charge is 2.66. The first-order chi connectivity index (χ1) is 16.8. The van der Waals surface area contributed by atoms with Gasteiger partial charge in [0.05, 0.1) is 22.3 Å². The summed E-state index contributed by atoms with van der Waals surface area (Å²) in [5, 5.41) is 0.228. The minimum atomic E-state index is -1.84. The first-order valence-electron chi connectivity index (χ1n) is 10.9. The quantitative estimate of drug-likeness (QED) is 0.399. The molecule has 0 bridgehead atoms. The topological polar surface area (TPSA) is 83.7 Å². The lowest BCUT2D eigenvalue weighted by Gasteiger charge is -2.32. The van der Waals surface area contributed by atoms with Crippen molar-refractivity contribution >= 4 is 44.9 Å². The van der Waals surface area contributed by atoms with Gasteiger partial charge in [-0.25, -0.2) is 9.37 Å². The zero-order chi connectivity index (χ0) is 24.6. The van der Waals surface area contributed by atoms with Crippen molar-refractivity contribution < 1.29 is 18.4 Å². The summed E-state index contributed by atoms with van der Waals surface area (Å²) in [5.74, 6) is -2.03. The minimum absolute atomic E-state index is 0.0447. The van der Waals surface area contributed by atoms with Crippen LogP contribution in [0.5, 0.6) is 0 Å². The molecule has 0 saturated heterocycles. The summed E-state index contributed by atoms with van der Waals surface area (Å²) in [6.07, 6.45) is 1.58. The number of aryl methyl sites for hydroxylation is 2. The van der Waals surface area contributed by atoms with Crippen LogP contribution in [0.15, 0.2) is 64.3 Å². The van der Waals surface area contributed by atoms with Crippen molar-refractivity contribution in [1.82, 2.24) is 4.98 Å². The van der Waals surface area contributed by atoms with Crippen LogP contribution in [0.25, 0.3) is 11.0 Å². The van der Waals surface area contributed by atoms with E-state index in [-0.39, 0.29) is 34.0 Å². The van der Waals surface area contributed by atoms with Gasteiger partial charge in [0, 0.05) is 17.0 Å². The second kappa shape index (κ2) is 7.19. The Morgan fingerprint density at radius 3 is 2.66 bits per heavy atom. The van der Waals surface area contributed by atoms with E-state index in [2.05, 4.69) is 11.6 Å². The number of carbonyl (C=O) groups excluding carboxylic acids is 2. The van der Waals surface area contributed by atoms with Crippen LogP contribution in [-0.4, -0.2) is 23.3 Å². The number of carbonyl (C=O) groups is 2. The maximum atomic E-state index is 14.3. The number of anilines is 2. The fourth-order valence-corrected chi connectivity index (χ4v) is 5.96. The van der Waals surface area contributed by atoms with Gasteiger partial charge in [-0.15, -0.1) is 17.9 Å². The van der Waals surface area contributed by atoms with Gasteiger partial charge in [0.15, 0.2) is 16.1 Å². The number of halogens is 1. The number of thiazole rings is 1. The summed E-state index contributed by atoms with van der Waals surface area (Å²) in [6, 6.07) is 10.5. The molecule has 0 fully saturated rings. The fraction of sp³-hybridized carbons (Fsp3) is 0.154. The Hall–Kier alpha value is -4.11. The van der Waals surface area contributed by atoms with Crippen molar-refractivity contribution in [3.63, 3.8) is 0 Å². The van der Waals surface area contributed by atoms with E-state index < -0.39 is 28.6 Å². The lowest BCUT2D eigenvalue weighted by Crippen LogP contribution is -2.53. The smallest absolute Gasteiger partial charge is 0.297 e. The van der Waals surface area contributed by atoms with Crippen LogP contribution in [0.3, 0.4) is 0 Å². The van der Waals surface area contributed by atoms with Crippen LogP contribution in [0.4, 0.5) is 15.2 Å². The molecule has 0 N–H and O–H groups in total. The summed E-state index contributed by atoms with van der Waals surface area (Å²) in [4.78, 5) is 50.4. The number of hydrogen-bond acceptors (Lipinski definition) is 6. The number of hydrogen-bond donors (Lipinski definition) is 0. The molecule has 174 valence electrons. The second-order valence-corrected chi connectivity index (χ2v) is 9.67. The van der Waals surface area contributed by atoms with Crippen molar-refractivity contribution in [2.45, 2.75) is 19.4 Å². The Morgan fingerprint density at radius 1 is 1.17 bits per heavy atom. The normalized spacial score (nSPS) is 18.6. The van der Waals surface area contributed by atoms with Crippen molar-refractivity contribution in [2.24, 2.45) is 0 Å². The number of rotatable bonds is 3. The zero-order valence-corrected chi connectivity index (χ0v) is 19.6. The highest BCUT2D eigenvalue weighted by molar-refractivity contribution is 7.16. The van der Waals surface area contributed by atoms with E-state index >= 15 is 0 Å². The molecule has 2 aromatic heterocycles. The van der Waals surface area contributed by atoms with Gasteiger partial charge in [0.2, 0.25) is 5.76 Å². The molecular formula is C26H18FN3O4S. The molecule has 4 heterocycles. The van der Waals surface area contributed by atoms with Crippen LogP contribution >= 0.6 is 11.3 Å². The summed E-state index contributed by atoms with van der Waals surface area (Å²) in [6.45, 7) is 7.60. The number of amides is 2. The molecule has 0 radical (unpaired) electrons. The van der Waals surface area contributed by atoms with Gasteiger partial charge in [-0.2, -0.15) is 0 Å². The van der Waals surface area contributed by atoms with Crippen LogP contribution in [0, 0.1) is 19.7 Å². The molecule has 0 aliphatic carbocycles. The number of benzene rings is 2. The van der Waals surface area contributed by atoms with Gasteiger partial charge in [-0.3, -0.25) is 19.3 Å². The van der Waals surface area contributed by atoms with Crippen molar-refractivity contribution in [2.75, 3.05) is 16.3 Å². The maximum absolute atomic E-state index is 14.3. The van der Waals surface area contributed by atoms with E-state index in [9.17, 15) is 18.8 Å². The Labute approximate surface area is 202 Å². The Morgan fingerprint density at radius 2 is 1.94 bits per heavy atom. The summed E-state index contributed by atoms with van der Waals surface area (Å²) < 4.78 is 20.0. The Bertz CT molecular complexity index is 1650. The van der Waals surface area contributed by atoms with Gasteiger partial charge in [0.1, 0.15) is 11.4 Å². The van der Waals surface area contributed by atoms with E-state index in [1.807, 2.05) is 13.8 Å². The summed E-state index contributed by atoms with van der Waals surface area (Å²) in [5.41, 5.74) is -0.838. The minimum Gasteiger partial charge on any atom is -0.450 e. The predicted molar refractivity (Wildman–Crippen MR) is 131 cm³/mol. The highest BCUT2D eigenvalue weighted by atomic mass is 32.1. The van der Waals surface area contributed by atoms with Crippen LogP contribution in [0.1, 0.15) is 32.3 Å². The molecule has 2 aliphatic heterocycles. The van der Waals surface area contributed by atoms with Crippen LogP contribution in [0.2, 0.25) is 0 Å². The van der Waals surface area contributed by atoms with E-state index in [1.165, 1.54) is 27.2 Å². The standard InChI is InChI=1S/C26H18FN3O4S/c1-4-11-29-18-8-6-5-7-17(18)26(24(29)33)20-21(31)16-12-15(27)9-10-19(16)34-22(20)23(32)30(26)25-28-13(2)14(3)35-25/h4-10,12H,1,11H2,2-3H3. The molecular weight excluding hydrogens is 469 g/mol. The average molecular weight is 488 g/mol. The predicted octanol–water partition coefficient (Wildman–Crippen LogP) is 4.44. The van der Waals surface area contributed by atoms with Crippen LogP contribution < -0.4 is 15.2 Å². The molecule has 35 heavy (non-hydrogen) atoms. The van der Waals surface area contributed by atoms with E-state index in [1.54, 1.807) is 30.3 Å². The Kier molecular flexibility index (Phi) is 4.40. The third-order valence-corrected chi connectivity index (χ3v) is 7.66. The van der Waals surface area contributed by atoms with Gasteiger partial charge < -0.3 is 9.32 Å². The van der Waals surface area contributed by atoms with E-state index in [0.29, 0.717) is 16.9 Å². The Balaban J connectivity index is 1.79. The molecule has 1 unspecified atom stereocenters. The highest BCUT2D eigenvalue weighted by Crippen LogP contribution is 2.54. The molecule has 4 aromatic rings. The SMILES string of the molecule is C=CCN1C(=O)C2(c3ccccc31)c1c(oc3ccc(F)cc3c1=O)C(=O)N2c1nc(C)c(C)s1. The largest absolute Gasteiger partial charge is 0.450 e. The van der Waals surface area contributed by atoms with Crippen molar-refractivity contribution in [1.29, 1.82) is 0 Å². The number of fused-ring (bicyclic) bond motifs is 5. The second-order valence-electron chi connectivity index (χ2n) is 8.49. The van der Waals surface area contributed by atoms with Gasteiger partial charge in [0.25, 0.3) is 11.8 Å². The molecule has 2 amide bonds. The third kappa shape index (κ3) is 2.58. The van der Waals surface area contributed by atoms with E-state index in [4.69, 9.17) is 4.42 Å². The van der Waals surface area contributed by atoms with Crippen molar-refractivity contribution in [3.8, 4) is 0 Å². The van der Waals surface area contributed by atoms with Crippen molar-refractivity contribution in [3.05, 3.63) is 98.6 Å². The molecule has 2 aromatic carbocycles. The molecule has 9 heteroatoms. The average Bonchev–Trinajstić information content (AvgIpc) is 3.39.